The number of nitrogens with zero attached hydrogens (tertiary/aromatic N) is 1. The third kappa shape index (κ3) is 3.95. The molecule has 1 atom stereocenters. The predicted molar refractivity (Wildman–Crippen MR) is 69.7 cm³/mol. The Kier molecular flexibility index (Phi) is 5.77. The monoisotopic (exact) mass is 248 g/mol. The minimum absolute atomic E-state index is 0. The van der Waals surface area contributed by atoms with Crippen LogP contribution in [0.5, 0.6) is 0 Å². The van der Waals surface area contributed by atoms with Crippen LogP contribution in [0.15, 0.2) is 0 Å². The van der Waals surface area contributed by atoms with Gasteiger partial charge in [-0.25, -0.2) is 0 Å². The van der Waals surface area contributed by atoms with Crippen LogP contribution in [0.25, 0.3) is 0 Å². The molecule has 1 aliphatic heterocycles. The zero-order valence-electron chi connectivity index (χ0n) is 10.8. The number of nitrogens with two attached hydrogens (primary N) is 1. The number of piperidine rings is 1. The number of amides is 1. The Morgan fingerprint density at radius 3 is 2.06 bits per heavy atom. The Morgan fingerprint density at radius 2 is 1.69 bits per heavy atom. The lowest BCUT2D eigenvalue weighted by atomic mass is 9.82. The van der Waals surface area contributed by atoms with Crippen molar-refractivity contribution >= 4 is 18.3 Å². The molecule has 1 saturated heterocycles. The zero-order valence-corrected chi connectivity index (χ0v) is 11.6. The van der Waals surface area contributed by atoms with Gasteiger partial charge in [-0.15, -0.1) is 12.4 Å². The van der Waals surface area contributed by atoms with Crippen molar-refractivity contribution in [3.8, 4) is 0 Å². The van der Waals surface area contributed by atoms with Crippen LogP contribution in [0, 0.1) is 11.3 Å². The Labute approximate surface area is 105 Å². The second kappa shape index (κ2) is 5.87. The van der Waals surface area contributed by atoms with Crippen molar-refractivity contribution in [3.05, 3.63) is 0 Å². The Hall–Kier alpha value is -0.280. The first-order valence-corrected chi connectivity index (χ1v) is 5.88. The normalized spacial score (nSPS) is 21.5. The Bertz CT molecular complexity index is 231. The van der Waals surface area contributed by atoms with Crippen molar-refractivity contribution in [1.82, 2.24) is 4.90 Å². The van der Waals surface area contributed by atoms with E-state index in [-0.39, 0.29) is 30.3 Å². The van der Waals surface area contributed by atoms with Gasteiger partial charge in [0.05, 0.1) is 6.04 Å². The van der Waals surface area contributed by atoms with E-state index in [0.717, 1.165) is 25.9 Å². The molecule has 2 N–H and O–H groups in total. The van der Waals surface area contributed by atoms with E-state index in [9.17, 15) is 4.79 Å². The molecule has 1 rings (SSSR count). The summed E-state index contributed by atoms with van der Waals surface area (Å²) in [4.78, 5) is 13.9. The van der Waals surface area contributed by atoms with Gasteiger partial charge in [0.25, 0.3) is 0 Å². The standard InChI is InChI=1S/C12H24N2O.ClH/c1-9(2)10(13)11(15)14-7-5-12(3,4)6-8-14;/h9-10H,5-8,13H2,1-4H3;1H/t10-;/m0./s1. The third-order valence-corrected chi connectivity index (χ3v) is 3.43. The van der Waals surface area contributed by atoms with Crippen LogP contribution in [0.4, 0.5) is 0 Å². The molecular formula is C12H25ClN2O. The van der Waals surface area contributed by atoms with E-state index < -0.39 is 0 Å². The van der Waals surface area contributed by atoms with Crippen LogP contribution in [-0.2, 0) is 4.79 Å². The summed E-state index contributed by atoms with van der Waals surface area (Å²) in [5.74, 6) is 0.355. The van der Waals surface area contributed by atoms with Crippen molar-refractivity contribution in [1.29, 1.82) is 0 Å². The van der Waals surface area contributed by atoms with Gasteiger partial charge in [0.1, 0.15) is 0 Å². The van der Waals surface area contributed by atoms with E-state index in [0.29, 0.717) is 5.41 Å². The summed E-state index contributed by atoms with van der Waals surface area (Å²) in [5, 5.41) is 0. The average molecular weight is 249 g/mol. The lowest BCUT2D eigenvalue weighted by molar-refractivity contribution is -0.135. The number of carbonyl (C=O) groups excluding carboxylic acids is 1. The number of halogens is 1. The number of likely N-dealkylation sites (tertiary alicyclic amines) is 1. The van der Waals surface area contributed by atoms with E-state index in [1.807, 2.05) is 18.7 Å². The van der Waals surface area contributed by atoms with Crippen LogP contribution >= 0.6 is 12.4 Å². The van der Waals surface area contributed by atoms with Gasteiger partial charge in [-0.3, -0.25) is 4.79 Å². The summed E-state index contributed by atoms with van der Waals surface area (Å²) in [7, 11) is 0. The van der Waals surface area contributed by atoms with Gasteiger partial charge in [0, 0.05) is 13.1 Å². The fourth-order valence-corrected chi connectivity index (χ4v) is 1.83. The van der Waals surface area contributed by atoms with Gasteiger partial charge in [-0.1, -0.05) is 27.7 Å². The summed E-state index contributed by atoms with van der Waals surface area (Å²) in [6, 6.07) is -0.328. The van der Waals surface area contributed by atoms with Gasteiger partial charge < -0.3 is 10.6 Å². The molecule has 96 valence electrons. The maximum atomic E-state index is 12.0. The molecule has 0 aromatic carbocycles. The van der Waals surface area contributed by atoms with Gasteiger partial charge in [-0.05, 0) is 24.2 Å². The van der Waals surface area contributed by atoms with Crippen LogP contribution in [0.3, 0.4) is 0 Å². The smallest absolute Gasteiger partial charge is 0.239 e. The molecular weight excluding hydrogens is 224 g/mol. The number of hydrogen-bond acceptors (Lipinski definition) is 2. The van der Waals surface area contributed by atoms with E-state index in [2.05, 4.69) is 13.8 Å². The van der Waals surface area contributed by atoms with E-state index in [1.54, 1.807) is 0 Å². The summed E-state index contributed by atoms with van der Waals surface area (Å²) in [6.45, 7) is 10.2. The fourth-order valence-electron chi connectivity index (χ4n) is 1.83. The summed E-state index contributed by atoms with van der Waals surface area (Å²) in [5.41, 5.74) is 6.25. The highest BCUT2D eigenvalue weighted by Crippen LogP contribution is 2.29. The minimum atomic E-state index is -0.328. The zero-order chi connectivity index (χ0) is 11.6. The Morgan fingerprint density at radius 1 is 1.25 bits per heavy atom. The number of hydrogen-bond donors (Lipinski definition) is 1. The fraction of sp³-hybridized carbons (Fsp3) is 0.917. The molecule has 1 fully saturated rings. The maximum Gasteiger partial charge on any atom is 0.239 e. The molecule has 16 heavy (non-hydrogen) atoms. The van der Waals surface area contributed by atoms with Crippen molar-refractivity contribution in [2.45, 2.75) is 46.6 Å². The van der Waals surface area contributed by atoms with E-state index in [1.165, 1.54) is 0 Å². The molecule has 0 spiro atoms. The molecule has 0 aliphatic carbocycles. The molecule has 0 unspecified atom stereocenters. The minimum Gasteiger partial charge on any atom is -0.341 e. The highest BCUT2D eigenvalue weighted by Gasteiger charge is 2.30. The second-order valence-electron chi connectivity index (χ2n) is 5.76. The summed E-state index contributed by atoms with van der Waals surface area (Å²) in [6.07, 6.45) is 2.17. The molecule has 0 aromatic rings. The molecule has 0 aromatic heterocycles. The average Bonchev–Trinajstić information content (AvgIpc) is 2.15. The lowest BCUT2D eigenvalue weighted by Crippen LogP contribution is -2.50. The van der Waals surface area contributed by atoms with E-state index >= 15 is 0 Å². The highest BCUT2D eigenvalue weighted by molar-refractivity contribution is 5.85. The van der Waals surface area contributed by atoms with Crippen molar-refractivity contribution in [2.75, 3.05) is 13.1 Å². The third-order valence-electron chi connectivity index (χ3n) is 3.43. The molecule has 0 bridgehead atoms. The molecule has 4 heteroatoms. The Balaban J connectivity index is 0.00000225. The molecule has 0 radical (unpaired) electrons. The largest absolute Gasteiger partial charge is 0.341 e. The second-order valence-corrected chi connectivity index (χ2v) is 5.76. The van der Waals surface area contributed by atoms with E-state index in [4.69, 9.17) is 5.73 Å². The first-order valence-electron chi connectivity index (χ1n) is 5.88. The van der Waals surface area contributed by atoms with Crippen LogP contribution in [-0.4, -0.2) is 29.9 Å². The van der Waals surface area contributed by atoms with Crippen LogP contribution in [0.1, 0.15) is 40.5 Å². The van der Waals surface area contributed by atoms with Gasteiger partial charge in [0.2, 0.25) is 5.91 Å². The predicted octanol–water partition coefficient (Wildman–Crippen LogP) is 2.04. The van der Waals surface area contributed by atoms with Gasteiger partial charge in [0.15, 0.2) is 0 Å². The lowest BCUT2D eigenvalue weighted by Gasteiger charge is -2.38. The molecule has 0 saturated carbocycles. The van der Waals surface area contributed by atoms with Crippen molar-refractivity contribution in [3.63, 3.8) is 0 Å². The van der Waals surface area contributed by atoms with Gasteiger partial charge in [-0.2, -0.15) is 0 Å². The molecule has 1 heterocycles. The maximum absolute atomic E-state index is 12.0. The SMILES string of the molecule is CC(C)[C@H](N)C(=O)N1CCC(C)(C)CC1.Cl. The van der Waals surface area contributed by atoms with Gasteiger partial charge >= 0.3 is 0 Å². The number of rotatable bonds is 2. The number of carbonyl (C=O) groups is 1. The van der Waals surface area contributed by atoms with Crippen molar-refractivity contribution in [2.24, 2.45) is 17.1 Å². The van der Waals surface area contributed by atoms with Crippen LogP contribution < -0.4 is 5.73 Å². The highest BCUT2D eigenvalue weighted by atomic mass is 35.5. The first kappa shape index (κ1) is 15.7. The topological polar surface area (TPSA) is 46.3 Å². The first-order chi connectivity index (χ1) is 6.83. The molecule has 3 nitrogen and oxygen atoms in total. The molecule has 1 amide bonds. The quantitative estimate of drug-likeness (QED) is 0.813. The summed E-state index contributed by atoms with van der Waals surface area (Å²) >= 11 is 0. The molecule has 1 aliphatic rings. The summed E-state index contributed by atoms with van der Waals surface area (Å²) < 4.78 is 0. The van der Waals surface area contributed by atoms with Crippen molar-refractivity contribution < 1.29 is 4.79 Å². The van der Waals surface area contributed by atoms with Crippen LogP contribution in [0.2, 0.25) is 0 Å².